The monoisotopic (exact) mass is 428 g/mol. The molecule has 0 saturated carbocycles. The van der Waals surface area contributed by atoms with Gasteiger partial charge in [-0.15, -0.1) is 0 Å². The number of amides is 2. The van der Waals surface area contributed by atoms with E-state index in [1.165, 1.54) is 18.4 Å². The van der Waals surface area contributed by atoms with Crippen molar-refractivity contribution in [2.45, 2.75) is 45.7 Å². The molecule has 6 heteroatoms. The molecular weight excluding hydrogens is 400 g/mol. The second kappa shape index (κ2) is 8.61. The van der Waals surface area contributed by atoms with E-state index in [1.54, 1.807) is 4.90 Å². The molecule has 2 aromatic carbocycles. The summed E-state index contributed by atoms with van der Waals surface area (Å²) in [7, 11) is 0. The first-order chi connectivity index (χ1) is 15.5. The Morgan fingerprint density at radius 3 is 2.62 bits per heavy atom. The first-order valence-electron chi connectivity index (χ1n) is 11.4. The average molecular weight is 429 g/mol. The highest BCUT2D eigenvalue weighted by atomic mass is 16.2. The Bertz CT molecular complexity index is 1110. The number of fused-ring (bicyclic) bond motifs is 1. The minimum atomic E-state index is -0.326. The molecule has 3 heterocycles. The maximum atomic E-state index is 12.8. The zero-order chi connectivity index (χ0) is 22.1. The molecule has 1 atom stereocenters. The van der Waals surface area contributed by atoms with Gasteiger partial charge in [0.15, 0.2) is 0 Å². The molecule has 0 spiro atoms. The van der Waals surface area contributed by atoms with Gasteiger partial charge in [0.1, 0.15) is 5.82 Å². The molecule has 5 rings (SSSR count). The van der Waals surface area contributed by atoms with Gasteiger partial charge in [-0.3, -0.25) is 9.59 Å². The average Bonchev–Trinajstić information content (AvgIpc) is 3.39. The van der Waals surface area contributed by atoms with Crippen LogP contribution in [0.2, 0.25) is 0 Å². The molecule has 1 N–H and O–H groups in total. The van der Waals surface area contributed by atoms with E-state index in [2.05, 4.69) is 16.1 Å². The van der Waals surface area contributed by atoms with Crippen LogP contribution in [0.25, 0.3) is 11.3 Å². The zero-order valence-electron chi connectivity index (χ0n) is 18.4. The highest BCUT2D eigenvalue weighted by Gasteiger charge is 2.34. The maximum Gasteiger partial charge on any atom is 0.229 e. The fourth-order valence-corrected chi connectivity index (χ4v) is 4.53. The van der Waals surface area contributed by atoms with Crippen LogP contribution in [0.15, 0.2) is 54.7 Å². The minimum absolute atomic E-state index is 0.0322. The molecule has 32 heavy (non-hydrogen) atoms. The van der Waals surface area contributed by atoms with Gasteiger partial charge >= 0.3 is 0 Å². The lowest BCUT2D eigenvalue weighted by Gasteiger charge is -2.17. The first-order valence-corrected chi connectivity index (χ1v) is 11.4. The van der Waals surface area contributed by atoms with Gasteiger partial charge in [-0.1, -0.05) is 42.0 Å². The van der Waals surface area contributed by atoms with E-state index in [0.717, 1.165) is 41.3 Å². The topological polar surface area (TPSA) is 67.2 Å². The summed E-state index contributed by atoms with van der Waals surface area (Å²) in [5.41, 5.74) is 5.05. The van der Waals surface area contributed by atoms with Crippen LogP contribution in [0.1, 0.15) is 36.2 Å². The summed E-state index contributed by atoms with van der Waals surface area (Å²) in [6, 6.07) is 16.0. The molecule has 1 fully saturated rings. The first kappa shape index (κ1) is 20.5. The number of nitrogens with one attached hydrogen (secondary N) is 1. The fraction of sp³-hybridized carbons (Fsp3) is 0.346. The maximum absolute atomic E-state index is 12.8. The number of carbonyl (C=O) groups is 2. The van der Waals surface area contributed by atoms with Crippen molar-refractivity contribution in [3.05, 3.63) is 71.7 Å². The predicted molar refractivity (Wildman–Crippen MR) is 124 cm³/mol. The molecule has 1 saturated heterocycles. The van der Waals surface area contributed by atoms with Crippen LogP contribution in [-0.2, 0) is 29.1 Å². The number of hydrogen-bond donors (Lipinski definition) is 1. The molecule has 0 bridgehead atoms. The normalized spacial score (nSPS) is 18.0. The Balaban J connectivity index is 1.20. The van der Waals surface area contributed by atoms with E-state index in [9.17, 15) is 9.59 Å². The van der Waals surface area contributed by atoms with Crippen LogP contribution in [0.4, 0.5) is 5.69 Å². The van der Waals surface area contributed by atoms with Crippen molar-refractivity contribution in [1.29, 1.82) is 0 Å². The number of aromatic nitrogens is 2. The van der Waals surface area contributed by atoms with Gasteiger partial charge < -0.3 is 14.8 Å². The van der Waals surface area contributed by atoms with Crippen molar-refractivity contribution >= 4 is 17.5 Å². The molecule has 1 aromatic heterocycles. The summed E-state index contributed by atoms with van der Waals surface area (Å²) in [5, 5.41) is 2.98. The Morgan fingerprint density at radius 1 is 1.09 bits per heavy atom. The number of carbonyl (C=O) groups excluding carboxylic acids is 2. The van der Waals surface area contributed by atoms with Crippen LogP contribution in [0.5, 0.6) is 0 Å². The summed E-state index contributed by atoms with van der Waals surface area (Å²) >= 11 is 0. The lowest BCUT2D eigenvalue weighted by Crippen LogP contribution is -2.28. The van der Waals surface area contributed by atoms with Crippen LogP contribution < -0.4 is 5.32 Å². The third-order valence-corrected chi connectivity index (χ3v) is 6.44. The molecule has 6 nitrogen and oxygen atoms in total. The summed E-state index contributed by atoms with van der Waals surface area (Å²) in [6.07, 6.45) is 5.83. The lowest BCUT2D eigenvalue weighted by atomic mass is 10.1. The predicted octanol–water partition coefficient (Wildman–Crippen LogP) is 4.18. The van der Waals surface area contributed by atoms with Crippen LogP contribution >= 0.6 is 0 Å². The number of imidazole rings is 1. The van der Waals surface area contributed by atoms with Gasteiger partial charge in [-0.2, -0.15) is 0 Å². The molecule has 2 amide bonds. The van der Waals surface area contributed by atoms with Gasteiger partial charge in [0, 0.05) is 49.9 Å². The van der Waals surface area contributed by atoms with Crippen molar-refractivity contribution in [3.63, 3.8) is 0 Å². The molecule has 0 radical (unpaired) electrons. The molecule has 2 aliphatic rings. The SMILES string of the molecule is Cc1ccc(CN2CC(C(=O)Nc3ccc(-c4cn5c(n4)CCCC5)cc3)CC2=O)cc1. The molecular formula is C26H28N4O2. The smallest absolute Gasteiger partial charge is 0.229 e. The van der Waals surface area contributed by atoms with Gasteiger partial charge in [-0.25, -0.2) is 4.98 Å². The highest BCUT2D eigenvalue weighted by Crippen LogP contribution is 2.25. The molecule has 164 valence electrons. The molecule has 3 aromatic rings. The Labute approximate surface area is 188 Å². The largest absolute Gasteiger partial charge is 0.338 e. The van der Waals surface area contributed by atoms with Crippen LogP contribution in [-0.4, -0.2) is 32.8 Å². The number of anilines is 1. The van der Waals surface area contributed by atoms with Crippen LogP contribution in [0, 0.1) is 12.8 Å². The van der Waals surface area contributed by atoms with Gasteiger partial charge in [0.2, 0.25) is 11.8 Å². The number of rotatable bonds is 5. The number of aryl methyl sites for hydroxylation is 3. The summed E-state index contributed by atoms with van der Waals surface area (Å²) in [6.45, 7) is 4.08. The van der Waals surface area contributed by atoms with Crippen molar-refractivity contribution in [3.8, 4) is 11.3 Å². The van der Waals surface area contributed by atoms with Crippen LogP contribution in [0.3, 0.4) is 0 Å². The minimum Gasteiger partial charge on any atom is -0.338 e. The molecule has 2 aliphatic heterocycles. The quantitative estimate of drug-likeness (QED) is 0.663. The Morgan fingerprint density at radius 2 is 1.88 bits per heavy atom. The van der Waals surface area contributed by atoms with Crippen molar-refractivity contribution in [2.75, 3.05) is 11.9 Å². The third-order valence-electron chi connectivity index (χ3n) is 6.44. The standard InChI is InChI=1S/C26H28N4O2/c1-18-5-7-19(8-6-18)15-30-16-21(14-25(30)31)26(32)27-22-11-9-20(10-12-22)23-17-29-13-3-2-4-24(29)28-23/h5-12,17,21H,2-4,13-16H2,1H3,(H,27,32). The van der Waals surface area contributed by atoms with Crippen molar-refractivity contribution in [1.82, 2.24) is 14.5 Å². The van der Waals surface area contributed by atoms with E-state index >= 15 is 0 Å². The van der Waals surface area contributed by atoms with E-state index in [1.807, 2.05) is 55.5 Å². The van der Waals surface area contributed by atoms with E-state index in [0.29, 0.717) is 13.1 Å². The number of likely N-dealkylation sites (tertiary alicyclic amines) is 1. The van der Waals surface area contributed by atoms with Crippen molar-refractivity contribution < 1.29 is 9.59 Å². The van der Waals surface area contributed by atoms with E-state index < -0.39 is 0 Å². The zero-order valence-corrected chi connectivity index (χ0v) is 18.4. The lowest BCUT2D eigenvalue weighted by molar-refractivity contribution is -0.128. The number of hydrogen-bond acceptors (Lipinski definition) is 3. The third kappa shape index (κ3) is 4.31. The van der Waals surface area contributed by atoms with Gasteiger partial charge in [0.05, 0.1) is 11.6 Å². The van der Waals surface area contributed by atoms with E-state index in [-0.39, 0.29) is 24.2 Å². The summed E-state index contributed by atoms with van der Waals surface area (Å²) in [5.74, 6) is 0.761. The molecule has 0 aliphatic carbocycles. The molecule has 1 unspecified atom stereocenters. The van der Waals surface area contributed by atoms with Gasteiger partial charge in [0.25, 0.3) is 0 Å². The second-order valence-corrected chi connectivity index (χ2v) is 8.92. The van der Waals surface area contributed by atoms with Gasteiger partial charge in [-0.05, 0) is 37.5 Å². The highest BCUT2D eigenvalue weighted by molar-refractivity contribution is 5.97. The number of benzene rings is 2. The Kier molecular flexibility index (Phi) is 5.52. The Hall–Kier alpha value is -3.41. The summed E-state index contributed by atoms with van der Waals surface area (Å²) in [4.78, 5) is 31.8. The summed E-state index contributed by atoms with van der Waals surface area (Å²) < 4.78 is 2.24. The van der Waals surface area contributed by atoms with E-state index in [4.69, 9.17) is 4.98 Å². The second-order valence-electron chi connectivity index (χ2n) is 8.92. The fourth-order valence-electron chi connectivity index (χ4n) is 4.53. The number of nitrogens with zero attached hydrogens (tertiary/aromatic N) is 3. The van der Waals surface area contributed by atoms with Crippen molar-refractivity contribution in [2.24, 2.45) is 5.92 Å².